The number of methoxy groups -OCH3 is 3. The van der Waals surface area contributed by atoms with E-state index >= 15 is 0 Å². The molecule has 2 heterocycles. The van der Waals surface area contributed by atoms with Crippen LogP contribution in [0.3, 0.4) is 0 Å². The van der Waals surface area contributed by atoms with Crippen molar-refractivity contribution in [2.75, 3.05) is 52.4 Å². The van der Waals surface area contributed by atoms with Gasteiger partial charge in [-0.1, -0.05) is 32.9 Å². The van der Waals surface area contributed by atoms with E-state index in [1.165, 1.54) is 5.56 Å². The normalized spacial score (nSPS) is 13.9. The highest BCUT2D eigenvalue weighted by Crippen LogP contribution is 2.40. The Hall–Kier alpha value is -3.81. The zero-order valence-electron chi connectivity index (χ0n) is 21.9. The van der Waals surface area contributed by atoms with Gasteiger partial charge in [0.1, 0.15) is 0 Å². The summed E-state index contributed by atoms with van der Waals surface area (Å²) in [5, 5.41) is 8.89. The predicted molar refractivity (Wildman–Crippen MR) is 140 cm³/mol. The van der Waals surface area contributed by atoms with Gasteiger partial charge in [-0.05, 0) is 47.4 Å². The third kappa shape index (κ3) is 5.22. The Bertz CT molecular complexity index is 1170. The summed E-state index contributed by atoms with van der Waals surface area (Å²) in [6.07, 6.45) is 0. The van der Waals surface area contributed by atoms with Crippen molar-refractivity contribution in [1.29, 1.82) is 0 Å². The Morgan fingerprint density at radius 1 is 0.806 bits per heavy atom. The molecule has 8 heteroatoms. The van der Waals surface area contributed by atoms with Gasteiger partial charge in [0, 0.05) is 37.3 Å². The number of rotatable bonds is 6. The van der Waals surface area contributed by atoms with Crippen LogP contribution in [0.1, 0.15) is 36.7 Å². The van der Waals surface area contributed by atoms with Crippen LogP contribution in [0.2, 0.25) is 0 Å². The van der Waals surface area contributed by atoms with Crippen LogP contribution in [0.4, 0.5) is 5.82 Å². The number of carbonyl (C=O) groups is 1. The van der Waals surface area contributed by atoms with E-state index < -0.39 is 0 Å². The van der Waals surface area contributed by atoms with Gasteiger partial charge in [-0.3, -0.25) is 4.79 Å². The average molecular weight is 491 g/mol. The second-order valence-corrected chi connectivity index (χ2v) is 9.80. The molecule has 0 atom stereocenters. The summed E-state index contributed by atoms with van der Waals surface area (Å²) in [6, 6.07) is 15.5. The van der Waals surface area contributed by atoms with Gasteiger partial charge in [-0.25, -0.2) is 0 Å². The number of ether oxygens (including phenoxy) is 3. The number of piperazine rings is 1. The molecule has 1 aliphatic heterocycles. The molecule has 1 aromatic heterocycles. The van der Waals surface area contributed by atoms with Gasteiger partial charge in [0.15, 0.2) is 17.3 Å². The lowest BCUT2D eigenvalue weighted by atomic mass is 9.86. The van der Waals surface area contributed by atoms with E-state index in [9.17, 15) is 4.79 Å². The van der Waals surface area contributed by atoms with Gasteiger partial charge in [-0.15, -0.1) is 10.2 Å². The molecule has 0 radical (unpaired) electrons. The second-order valence-electron chi connectivity index (χ2n) is 9.80. The molecule has 190 valence electrons. The van der Waals surface area contributed by atoms with Crippen LogP contribution in [0.5, 0.6) is 17.2 Å². The summed E-state index contributed by atoms with van der Waals surface area (Å²) in [4.78, 5) is 17.1. The molecule has 2 aromatic carbocycles. The van der Waals surface area contributed by atoms with E-state index in [0.29, 0.717) is 49.1 Å². The van der Waals surface area contributed by atoms with Crippen LogP contribution >= 0.6 is 0 Å². The summed E-state index contributed by atoms with van der Waals surface area (Å²) in [5.41, 5.74) is 3.53. The minimum Gasteiger partial charge on any atom is -0.493 e. The molecule has 1 aliphatic rings. The number of hydrogen-bond acceptors (Lipinski definition) is 7. The topological polar surface area (TPSA) is 77.0 Å². The van der Waals surface area contributed by atoms with Crippen LogP contribution in [0.25, 0.3) is 11.3 Å². The molecular weight excluding hydrogens is 456 g/mol. The summed E-state index contributed by atoms with van der Waals surface area (Å²) in [6.45, 7) is 9.18. The largest absolute Gasteiger partial charge is 0.493 e. The van der Waals surface area contributed by atoms with E-state index in [2.05, 4.69) is 48.0 Å². The smallest absolute Gasteiger partial charge is 0.253 e. The second kappa shape index (κ2) is 10.4. The minimum absolute atomic E-state index is 0.0648. The first-order chi connectivity index (χ1) is 17.2. The Balaban J connectivity index is 1.41. The van der Waals surface area contributed by atoms with Crippen LogP contribution in [-0.2, 0) is 5.41 Å². The van der Waals surface area contributed by atoms with Crippen molar-refractivity contribution in [3.8, 4) is 28.5 Å². The van der Waals surface area contributed by atoms with E-state index in [0.717, 1.165) is 16.9 Å². The number of nitrogens with zero attached hydrogens (tertiary/aromatic N) is 4. The molecule has 8 nitrogen and oxygen atoms in total. The monoisotopic (exact) mass is 490 g/mol. The zero-order chi connectivity index (χ0) is 25.9. The Morgan fingerprint density at radius 2 is 1.42 bits per heavy atom. The van der Waals surface area contributed by atoms with Gasteiger partial charge in [0.25, 0.3) is 5.91 Å². The molecule has 4 rings (SSSR count). The summed E-state index contributed by atoms with van der Waals surface area (Å²) in [5.74, 6) is 2.51. The van der Waals surface area contributed by atoms with Crippen LogP contribution in [0, 0.1) is 0 Å². The molecule has 1 saturated heterocycles. The lowest BCUT2D eigenvalue weighted by Crippen LogP contribution is -2.49. The summed E-state index contributed by atoms with van der Waals surface area (Å²) < 4.78 is 16.3. The number of anilines is 1. The van der Waals surface area contributed by atoms with Gasteiger partial charge in [0.2, 0.25) is 5.75 Å². The highest BCUT2D eigenvalue weighted by Gasteiger charge is 2.24. The van der Waals surface area contributed by atoms with Gasteiger partial charge < -0.3 is 24.0 Å². The predicted octanol–water partition coefficient (Wildman–Crippen LogP) is 4.43. The van der Waals surface area contributed by atoms with Crippen molar-refractivity contribution in [1.82, 2.24) is 15.1 Å². The number of aromatic nitrogens is 2. The Labute approximate surface area is 212 Å². The lowest BCUT2D eigenvalue weighted by Gasteiger charge is -2.35. The van der Waals surface area contributed by atoms with Gasteiger partial charge >= 0.3 is 0 Å². The quantitative estimate of drug-likeness (QED) is 0.506. The van der Waals surface area contributed by atoms with Crippen molar-refractivity contribution in [3.63, 3.8) is 0 Å². The van der Waals surface area contributed by atoms with E-state index in [1.807, 2.05) is 41.3 Å². The molecule has 0 aliphatic carbocycles. The number of hydrogen-bond donors (Lipinski definition) is 0. The van der Waals surface area contributed by atoms with Crippen LogP contribution < -0.4 is 19.1 Å². The SMILES string of the molecule is COc1cc(-c2ccc(N3CCN(C(=O)c4ccc(C(C)(C)C)cc4)CC3)nn2)cc(OC)c1OC. The summed E-state index contributed by atoms with van der Waals surface area (Å²) in [7, 11) is 4.74. The van der Waals surface area contributed by atoms with Crippen molar-refractivity contribution in [2.24, 2.45) is 0 Å². The molecule has 0 N–H and O–H groups in total. The standard InChI is InChI=1S/C28H34N4O4/c1-28(2,3)21-9-7-19(8-10-21)27(33)32-15-13-31(14-16-32)25-12-11-22(29-30-25)20-17-23(34-4)26(36-6)24(18-20)35-5/h7-12,17-18H,13-16H2,1-6H3. The minimum atomic E-state index is 0.0648. The third-order valence-corrected chi connectivity index (χ3v) is 6.50. The highest BCUT2D eigenvalue weighted by molar-refractivity contribution is 5.94. The number of carbonyl (C=O) groups excluding carboxylic acids is 1. The van der Waals surface area contributed by atoms with Crippen molar-refractivity contribution >= 4 is 11.7 Å². The maximum Gasteiger partial charge on any atom is 0.253 e. The van der Waals surface area contributed by atoms with Gasteiger partial charge in [0.05, 0.1) is 27.0 Å². The zero-order valence-corrected chi connectivity index (χ0v) is 21.9. The molecular formula is C28H34N4O4. The van der Waals surface area contributed by atoms with E-state index in [4.69, 9.17) is 14.2 Å². The third-order valence-electron chi connectivity index (χ3n) is 6.50. The first-order valence-electron chi connectivity index (χ1n) is 12.0. The molecule has 1 amide bonds. The molecule has 0 saturated carbocycles. The van der Waals surface area contributed by atoms with Crippen molar-refractivity contribution in [3.05, 3.63) is 59.7 Å². The fraction of sp³-hybridized carbons (Fsp3) is 0.393. The highest BCUT2D eigenvalue weighted by atomic mass is 16.5. The van der Waals surface area contributed by atoms with Crippen LogP contribution in [0.15, 0.2) is 48.5 Å². The molecule has 36 heavy (non-hydrogen) atoms. The molecule has 3 aromatic rings. The summed E-state index contributed by atoms with van der Waals surface area (Å²) >= 11 is 0. The Morgan fingerprint density at radius 3 is 1.89 bits per heavy atom. The molecule has 0 unspecified atom stereocenters. The first-order valence-corrected chi connectivity index (χ1v) is 12.0. The fourth-order valence-corrected chi connectivity index (χ4v) is 4.31. The fourth-order valence-electron chi connectivity index (χ4n) is 4.31. The maximum absolute atomic E-state index is 13.0. The first kappa shape index (κ1) is 25.3. The number of benzene rings is 2. The van der Waals surface area contributed by atoms with Crippen molar-refractivity contribution in [2.45, 2.75) is 26.2 Å². The van der Waals surface area contributed by atoms with Crippen molar-refractivity contribution < 1.29 is 19.0 Å². The van der Waals surface area contributed by atoms with E-state index in [-0.39, 0.29) is 11.3 Å². The molecule has 0 bridgehead atoms. The van der Waals surface area contributed by atoms with Gasteiger partial charge in [-0.2, -0.15) is 0 Å². The van der Waals surface area contributed by atoms with E-state index in [1.54, 1.807) is 21.3 Å². The lowest BCUT2D eigenvalue weighted by molar-refractivity contribution is 0.0746. The van der Waals surface area contributed by atoms with Crippen LogP contribution in [-0.4, -0.2) is 68.5 Å². The number of amides is 1. The maximum atomic E-state index is 13.0. The molecule has 0 spiro atoms. The average Bonchev–Trinajstić information content (AvgIpc) is 2.91. The Kier molecular flexibility index (Phi) is 7.33. The molecule has 1 fully saturated rings.